The maximum absolute atomic E-state index is 13.3. The number of nitrogens with zero attached hydrogens (tertiary/aromatic N) is 5. The van der Waals surface area contributed by atoms with Crippen LogP contribution in [0.1, 0.15) is 32.8 Å². The van der Waals surface area contributed by atoms with Crippen LogP contribution in [-0.2, 0) is 20.1 Å². The van der Waals surface area contributed by atoms with Crippen molar-refractivity contribution in [2.75, 3.05) is 11.4 Å². The van der Waals surface area contributed by atoms with Crippen LogP contribution in [0.15, 0.2) is 33.9 Å². The first-order valence-electron chi connectivity index (χ1n) is 10.3. The van der Waals surface area contributed by atoms with Gasteiger partial charge in [0.2, 0.25) is 5.95 Å². The molecular weight excluding hydrogens is 366 g/mol. The first-order valence-corrected chi connectivity index (χ1v) is 10.3. The Kier molecular flexibility index (Phi) is 4.84. The number of fused-ring (bicyclic) bond motifs is 3. The molecule has 4 rings (SSSR count). The smallest absolute Gasteiger partial charge is 0.311 e. The zero-order valence-corrected chi connectivity index (χ0v) is 17.8. The second kappa shape index (κ2) is 7.21. The maximum Gasteiger partial charge on any atom is 0.332 e. The highest BCUT2D eigenvalue weighted by molar-refractivity contribution is 5.77. The van der Waals surface area contributed by atoms with E-state index in [2.05, 4.69) is 44.7 Å². The van der Waals surface area contributed by atoms with Crippen molar-refractivity contribution in [3.05, 3.63) is 50.7 Å². The lowest BCUT2D eigenvalue weighted by atomic mass is 10.1. The van der Waals surface area contributed by atoms with E-state index in [1.165, 1.54) is 9.13 Å². The van der Waals surface area contributed by atoms with Crippen LogP contribution in [0.3, 0.4) is 0 Å². The number of imidazole rings is 1. The lowest BCUT2D eigenvalue weighted by Crippen LogP contribution is -2.40. The van der Waals surface area contributed by atoms with Gasteiger partial charge < -0.3 is 9.47 Å². The highest BCUT2D eigenvalue weighted by atomic mass is 16.2. The number of benzene rings is 1. The summed E-state index contributed by atoms with van der Waals surface area (Å²) >= 11 is 0. The Hall–Kier alpha value is -2.83. The van der Waals surface area contributed by atoms with Gasteiger partial charge in [-0.25, -0.2) is 4.79 Å². The summed E-state index contributed by atoms with van der Waals surface area (Å²) in [4.78, 5) is 33.2. The third-order valence-corrected chi connectivity index (χ3v) is 5.78. The summed E-state index contributed by atoms with van der Waals surface area (Å²) in [6, 6.07) is 8.20. The van der Waals surface area contributed by atoms with Gasteiger partial charge in [-0.2, -0.15) is 4.98 Å². The number of para-hydroxylation sites is 1. The van der Waals surface area contributed by atoms with E-state index in [-0.39, 0.29) is 11.2 Å². The van der Waals surface area contributed by atoms with Gasteiger partial charge in [0.25, 0.3) is 5.56 Å². The van der Waals surface area contributed by atoms with Crippen LogP contribution in [-0.4, -0.2) is 25.2 Å². The third kappa shape index (κ3) is 3.18. The Bertz CT molecular complexity index is 1180. The van der Waals surface area contributed by atoms with Gasteiger partial charge in [0.15, 0.2) is 11.2 Å². The minimum absolute atomic E-state index is 0.235. The molecule has 0 fully saturated rings. The summed E-state index contributed by atoms with van der Waals surface area (Å²) in [5, 5.41) is 0. The van der Waals surface area contributed by atoms with Crippen LogP contribution in [0, 0.1) is 18.8 Å². The predicted molar refractivity (Wildman–Crippen MR) is 116 cm³/mol. The zero-order chi connectivity index (χ0) is 20.9. The Balaban J connectivity index is 1.97. The fourth-order valence-electron chi connectivity index (χ4n) is 4.16. The summed E-state index contributed by atoms with van der Waals surface area (Å²) in [6.45, 7) is 10.4. The van der Waals surface area contributed by atoms with Gasteiger partial charge in [0.05, 0.1) is 0 Å². The molecule has 7 heteroatoms. The molecular formula is C22H29N5O2. The van der Waals surface area contributed by atoms with E-state index in [1.54, 1.807) is 7.05 Å². The standard InChI is InChI=1S/C22H29N5O2/c1-14(2)10-11-25-20(28)18-19(24(5)22(25)29)23-21-26(12-15(3)13-27(18)21)17-9-7-6-8-16(17)4/h6-9,14-15H,10-13H2,1-5H3/t15-/m0/s1. The van der Waals surface area contributed by atoms with Crippen molar-refractivity contribution in [2.24, 2.45) is 18.9 Å². The second-order valence-electron chi connectivity index (χ2n) is 8.68. The van der Waals surface area contributed by atoms with Gasteiger partial charge in [0.1, 0.15) is 0 Å². The molecule has 0 unspecified atom stereocenters. The molecule has 7 nitrogen and oxygen atoms in total. The van der Waals surface area contributed by atoms with Crippen molar-refractivity contribution >= 4 is 22.8 Å². The Morgan fingerprint density at radius 3 is 2.59 bits per heavy atom. The predicted octanol–water partition coefficient (Wildman–Crippen LogP) is 3.04. The molecule has 0 spiro atoms. The molecule has 1 atom stereocenters. The molecule has 0 radical (unpaired) electrons. The van der Waals surface area contributed by atoms with E-state index in [1.807, 2.05) is 16.7 Å². The van der Waals surface area contributed by atoms with Crippen molar-refractivity contribution in [3.63, 3.8) is 0 Å². The van der Waals surface area contributed by atoms with Gasteiger partial charge in [-0.05, 0) is 36.8 Å². The Morgan fingerprint density at radius 1 is 1.17 bits per heavy atom. The molecule has 0 saturated carbocycles. The van der Waals surface area contributed by atoms with Crippen LogP contribution in [0.5, 0.6) is 0 Å². The minimum atomic E-state index is -0.297. The molecule has 154 valence electrons. The second-order valence-corrected chi connectivity index (χ2v) is 8.68. The van der Waals surface area contributed by atoms with Crippen molar-refractivity contribution in [2.45, 2.75) is 47.2 Å². The Morgan fingerprint density at radius 2 is 1.90 bits per heavy atom. The van der Waals surface area contributed by atoms with E-state index in [4.69, 9.17) is 4.98 Å². The van der Waals surface area contributed by atoms with Crippen LogP contribution >= 0.6 is 0 Å². The number of hydrogen-bond acceptors (Lipinski definition) is 4. The van der Waals surface area contributed by atoms with E-state index < -0.39 is 0 Å². The summed E-state index contributed by atoms with van der Waals surface area (Å²) in [5.74, 6) is 1.50. The van der Waals surface area contributed by atoms with Gasteiger partial charge in [-0.1, -0.05) is 39.0 Å². The first-order chi connectivity index (χ1) is 13.8. The topological polar surface area (TPSA) is 65.1 Å². The molecule has 1 aliphatic rings. The number of anilines is 2. The quantitative estimate of drug-likeness (QED) is 0.681. The van der Waals surface area contributed by atoms with Crippen molar-refractivity contribution in [3.8, 4) is 0 Å². The fraction of sp³-hybridized carbons (Fsp3) is 0.500. The molecule has 0 N–H and O–H groups in total. The molecule has 0 amide bonds. The summed E-state index contributed by atoms with van der Waals surface area (Å²) in [5.41, 5.74) is 2.69. The number of aromatic nitrogens is 4. The largest absolute Gasteiger partial charge is 0.332 e. The molecule has 1 aromatic carbocycles. The van der Waals surface area contributed by atoms with Crippen molar-refractivity contribution in [1.29, 1.82) is 0 Å². The lowest BCUT2D eigenvalue weighted by molar-refractivity contribution is 0.455. The highest BCUT2D eigenvalue weighted by Gasteiger charge is 2.30. The van der Waals surface area contributed by atoms with E-state index >= 15 is 0 Å². The molecule has 0 saturated heterocycles. The Labute approximate surface area is 170 Å². The molecule has 3 aromatic rings. The maximum atomic E-state index is 13.3. The molecule has 2 aromatic heterocycles. The number of aryl methyl sites for hydroxylation is 2. The van der Waals surface area contributed by atoms with Gasteiger partial charge in [-0.3, -0.25) is 13.9 Å². The first kappa shape index (κ1) is 19.5. The highest BCUT2D eigenvalue weighted by Crippen LogP contribution is 2.34. The molecule has 1 aliphatic heterocycles. The molecule has 0 bridgehead atoms. The summed E-state index contributed by atoms with van der Waals surface area (Å²) in [6.07, 6.45) is 0.785. The molecule has 29 heavy (non-hydrogen) atoms. The fourth-order valence-corrected chi connectivity index (χ4v) is 4.16. The van der Waals surface area contributed by atoms with E-state index in [9.17, 15) is 9.59 Å². The molecule has 0 aliphatic carbocycles. The van der Waals surface area contributed by atoms with Crippen molar-refractivity contribution in [1.82, 2.24) is 18.7 Å². The van der Waals surface area contributed by atoms with E-state index in [0.29, 0.717) is 36.1 Å². The SMILES string of the molecule is Cc1ccccc1N1C[C@H](C)Cn2c1nc1c2c(=O)n(CCC(C)C)c(=O)n1C. The molecule has 3 heterocycles. The van der Waals surface area contributed by atoms with Crippen LogP contribution < -0.4 is 16.1 Å². The third-order valence-electron chi connectivity index (χ3n) is 5.78. The average Bonchev–Trinajstić information content (AvgIpc) is 3.05. The van der Waals surface area contributed by atoms with E-state index in [0.717, 1.165) is 30.2 Å². The normalized spacial score (nSPS) is 16.6. The van der Waals surface area contributed by atoms with Gasteiger partial charge in [-0.15, -0.1) is 0 Å². The zero-order valence-electron chi connectivity index (χ0n) is 17.8. The average molecular weight is 396 g/mol. The van der Waals surface area contributed by atoms with Crippen LogP contribution in [0.25, 0.3) is 11.2 Å². The summed E-state index contributed by atoms with van der Waals surface area (Å²) in [7, 11) is 1.70. The van der Waals surface area contributed by atoms with Crippen LogP contribution in [0.4, 0.5) is 11.6 Å². The monoisotopic (exact) mass is 395 g/mol. The minimum Gasteiger partial charge on any atom is -0.311 e. The number of rotatable bonds is 4. The number of hydrogen-bond donors (Lipinski definition) is 0. The lowest BCUT2D eigenvalue weighted by Gasteiger charge is -2.33. The van der Waals surface area contributed by atoms with Gasteiger partial charge in [0, 0.05) is 32.4 Å². The summed E-state index contributed by atoms with van der Waals surface area (Å²) < 4.78 is 4.89. The van der Waals surface area contributed by atoms with Crippen molar-refractivity contribution < 1.29 is 0 Å². The van der Waals surface area contributed by atoms with Crippen LogP contribution in [0.2, 0.25) is 0 Å². The van der Waals surface area contributed by atoms with Gasteiger partial charge >= 0.3 is 5.69 Å².